The maximum Gasteiger partial charge on any atom is 0.386 e. The average molecular weight is 521 g/mol. The molecule has 4 rings (SSSR count). The SMILES string of the molecule is Cc1cc(C)c(C(=O)OOC2=CCC(C3CCC(OOC(=O)c4c(C)cc(C)cc4C)CC3)CC2)c(C)c1. The monoisotopic (exact) mass is 520 g/mol. The number of aryl methyl sites for hydroxylation is 6. The summed E-state index contributed by atoms with van der Waals surface area (Å²) in [5, 5.41) is 0. The highest BCUT2D eigenvalue weighted by Crippen LogP contribution is 2.39. The van der Waals surface area contributed by atoms with Crippen molar-refractivity contribution in [3.8, 4) is 0 Å². The van der Waals surface area contributed by atoms with Gasteiger partial charge in [-0.05, 0) is 120 Å². The van der Waals surface area contributed by atoms with E-state index in [1.165, 1.54) is 0 Å². The molecule has 1 atom stereocenters. The molecule has 1 unspecified atom stereocenters. The molecule has 0 bridgehead atoms. The minimum Gasteiger partial charge on any atom is -0.293 e. The number of hydrogen-bond acceptors (Lipinski definition) is 6. The molecular formula is C32H40O6. The molecule has 0 saturated heterocycles. The summed E-state index contributed by atoms with van der Waals surface area (Å²) in [5.41, 5.74) is 7.00. The van der Waals surface area contributed by atoms with Gasteiger partial charge in [0, 0.05) is 6.42 Å². The van der Waals surface area contributed by atoms with Gasteiger partial charge in [-0.3, -0.25) is 9.78 Å². The van der Waals surface area contributed by atoms with Crippen molar-refractivity contribution >= 4 is 11.9 Å². The fourth-order valence-corrected chi connectivity index (χ4v) is 6.28. The predicted molar refractivity (Wildman–Crippen MR) is 145 cm³/mol. The highest BCUT2D eigenvalue weighted by Gasteiger charge is 2.31. The molecule has 0 radical (unpaired) electrons. The molecule has 2 aromatic carbocycles. The summed E-state index contributed by atoms with van der Waals surface area (Å²) in [7, 11) is 0. The molecule has 0 aliphatic heterocycles. The molecule has 38 heavy (non-hydrogen) atoms. The second kappa shape index (κ2) is 12.2. The summed E-state index contributed by atoms with van der Waals surface area (Å²) >= 11 is 0. The third-order valence-corrected chi connectivity index (χ3v) is 8.04. The Balaban J connectivity index is 1.20. The number of rotatable bonds is 7. The molecule has 0 heterocycles. The summed E-state index contributed by atoms with van der Waals surface area (Å²) in [6.45, 7) is 11.7. The van der Waals surface area contributed by atoms with Crippen molar-refractivity contribution in [1.82, 2.24) is 0 Å². The van der Waals surface area contributed by atoms with E-state index in [1.54, 1.807) is 0 Å². The fourth-order valence-electron chi connectivity index (χ4n) is 6.28. The van der Waals surface area contributed by atoms with Crippen molar-refractivity contribution in [3.63, 3.8) is 0 Å². The fraction of sp³-hybridized carbons (Fsp3) is 0.500. The average Bonchev–Trinajstić information content (AvgIpc) is 2.85. The highest BCUT2D eigenvalue weighted by molar-refractivity contribution is 5.93. The lowest BCUT2D eigenvalue weighted by Crippen LogP contribution is -2.28. The zero-order valence-corrected chi connectivity index (χ0v) is 23.5. The van der Waals surface area contributed by atoms with Gasteiger partial charge in [0.2, 0.25) is 0 Å². The van der Waals surface area contributed by atoms with E-state index in [0.717, 1.165) is 84.1 Å². The van der Waals surface area contributed by atoms with E-state index in [-0.39, 0.29) is 6.10 Å². The highest BCUT2D eigenvalue weighted by atomic mass is 17.2. The Bertz CT molecular complexity index is 1170. The lowest BCUT2D eigenvalue weighted by Gasteiger charge is -2.34. The Labute approximate surface area is 226 Å². The molecule has 1 saturated carbocycles. The molecule has 0 amide bonds. The van der Waals surface area contributed by atoms with Crippen LogP contribution in [0.5, 0.6) is 0 Å². The topological polar surface area (TPSA) is 71.1 Å². The van der Waals surface area contributed by atoms with Gasteiger partial charge in [-0.25, -0.2) is 14.5 Å². The maximum absolute atomic E-state index is 12.6. The predicted octanol–water partition coefficient (Wildman–Crippen LogP) is 7.66. The smallest absolute Gasteiger partial charge is 0.293 e. The van der Waals surface area contributed by atoms with Crippen LogP contribution in [0.3, 0.4) is 0 Å². The molecular weight excluding hydrogens is 480 g/mol. The van der Waals surface area contributed by atoms with Crippen LogP contribution >= 0.6 is 0 Å². The lowest BCUT2D eigenvalue weighted by atomic mass is 9.74. The number of hydrogen-bond donors (Lipinski definition) is 0. The Morgan fingerprint density at radius 3 is 1.63 bits per heavy atom. The largest absolute Gasteiger partial charge is 0.386 e. The molecule has 0 N–H and O–H groups in total. The van der Waals surface area contributed by atoms with Crippen molar-refractivity contribution in [2.75, 3.05) is 0 Å². The van der Waals surface area contributed by atoms with Crippen molar-refractivity contribution in [1.29, 1.82) is 0 Å². The van der Waals surface area contributed by atoms with E-state index >= 15 is 0 Å². The van der Waals surface area contributed by atoms with Crippen LogP contribution in [0.4, 0.5) is 0 Å². The van der Waals surface area contributed by atoms with Gasteiger partial charge >= 0.3 is 11.9 Å². The summed E-state index contributed by atoms with van der Waals surface area (Å²) in [6, 6.07) is 7.92. The minimum absolute atomic E-state index is 0.0626. The Kier molecular flexibility index (Phi) is 8.93. The normalized spacial score (nSPS) is 21.4. The maximum atomic E-state index is 12.6. The Morgan fingerprint density at radius 2 is 1.16 bits per heavy atom. The Hall–Kier alpha value is -3.12. The van der Waals surface area contributed by atoms with Gasteiger partial charge in [-0.1, -0.05) is 35.4 Å². The van der Waals surface area contributed by atoms with Crippen LogP contribution in [-0.4, -0.2) is 18.0 Å². The first-order valence-electron chi connectivity index (χ1n) is 13.7. The van der Waals surface area contributed by atoms with Crippen molar-refractivity contribution in [2.45, 2.75) is 92.6 Å². The van der Waals surface area contributed by atoms with Crippen LogP contribution < -0.4 is 0 Å². The van der Waals surface area contributed by atoms with Crippen LogP contribution in [0.1, 0.15) is 99.0 Å². The van der Waals surface area contributed by atoms with Gasteiger partial charge in [-0.15, -0.1) is 0 Å². The van der Waals surface area contributed by atoms with Crippen LogP contribution in [0.2, 0.25) is 0 Å². The third-order valence-electron chi connectivity index (χ3n) is 8.04. The molecule has 2 aliphatic rings. The van der Waals surface area contributed by atoms with Crippen molar-refractivity contribution < 1.29 is 29.1 Å². The molecule has 2 aliphatic carbocycles. The van der Waals surface area contributed by atoms with Crippen LogP contribution in [-0.2, 0) is 19.6 Å². The van der Waals surface area contributed by atoms with Crippen molar-refractivity contribution in [2.24, 2.45) is 11.8 Å². The van der Waals surface area contributed by atoms with E-state index in [9.17, 15) is 9.59 Å². The first-order valence-corrected chi connectivity index (χ1v) is 13.7. The van der Waals surface area contributed by atoms with Crippen molar-refractivity contribution in [3.05, 3.63) is 80.6 Å². The van der Waals surface area contributed by atoms with Gasteiger partial charge in [-0.2, -0.15) is 4.89 Å². The van der Waals surface area contributed by atoms with Crippen LogP contribution in [0.25, 0.3) is 0 Å². The zero-order valence-electron chi connectivity index (χ0n) is 23.5. The summed E-state index contributed by atoms with van der Waals surface area (Å²) in [4.78, 5) is 46.7. The number of benzene rings is 2. The first-order chi connectivity index (χ1) is 18.1. The second-order valence-electron chi connectivity index (χ2n) is 11.2. The zero-order chi connectivity index (χ0) is 27.4. The lowest BCUT2D eigenvalue weighted by molar-refractivity contribution is -0.281. The minimum atomic E-state index is -0.449. The van der Waals surface area contributed by atoms with Gasteiger partial charge < -0.3 is 0 Å². The molecule has 204 valence electrons. The van der Waals surface area contributed by atoms with E-state index < -0.39 is 11.9 Å². The number of carbonyl (C=O) groups excluding carboxylic acids is 2. The Morgan fingerprint density at radius 1 is 0.658 bits per heavy atom. The van der Waals surface area contributed by atoms with Gasteiger partial charge in [0.25, 0.3) is 0 Å². The molecule has 1 fully saturated rings. The summed E-state index contributed by atoms with van der Waals surface area (Å²) < 4.78 is 0. The van der Waals surface area contributed by atoms with Gasteiger partial charge in [0.05, 0.1) is 11.1 Å². The van der Waals surface area contributed by atoms with Crippen LogP contribution in [0.15, 0.2) is 36.1 Å². The van der Waals surface area contributed by atoms with E-state index in [2.05, 4.69) is 6.08 Å². The molecule has 0 spiro atoms. The summed E-state index contributed by atoms with van der Waals surface area (Å²) in [5.74, 6) is 1.03. The number of allylic oxidation sites excluding steroid dienone is 2. The van der Waals surface area contributed by atoms with E-state index in [4.69, 9.17) is 19.6 Å². The van der Waals surface area contributed by atoms with Gasteiger partial charge in [0.1, 0.15) is 6.10 Å². The quantitative estimate of drug-likeness (QED) is 0.276. The molecule has 6 heteroatoms. The molecule has 2 aromatic rings. The second-order valence-corrected chi connectivity index (χ2v) is 11.2. The number of carbonyl (C=O) groups is 2. The summed E-state index contributed by atoms with van der Waals surface area (Å²) in [6.07, 6.45) is 8.50. The third kappa shape index (κ3) is 6.65. The first kappa shape index (κ1) is 27.9. The molecule has 0 aromatic heterocycles. The standard InChI is InChI=1S/C32H40O6/c1-19-15-21(3)29(22(4)16-19)31(33)37-35-27-11-7-25(8-12-27)26-9-13-28(14-10-26)36-38-32(34)30-23(5)17-20(2)18-24(30)6/h11,15-18,25-26,28H,7-10,12-14H2,1-6H3. The van der Waals surface area contributed by atoms with E-state index in [0.29, 0.717) is 23.0 Å². The van der Waals surface area contributed by atoms with Gasteiger partial charge in [0.15, 0.2) is 5.76 Å². The van der Waals surface area contributed by atoms with E-state index in [1.807, 2.05) is 65.8 Å². The van der Waals surface area contributed by atoms with Crippen LogP contribution in [0, 0.1) is 53.4 Å². The molecule has 6 nitrogen and oxygen atoms in total.